The summed E-state index contributed by atoms with van der Waals surface area (Å²) in [7, 11) is 0. The van der Waals surface area contributed by atoms with Crippen LogP contribution >= 0.6 is 11.6 Å². The van der Waals surface area contributed by atoms with Crippen LogP contribution in [0.5, 0.6) is 0 Å². The van der Waals surface area contributed by atoms with E-state index in [-0.39, 0.29) is 12.1 Å². The number of benzene rings is 3. The minimum atomic E-state index is -1.16. The molecule has 0 aliphatic carbocycles. The average molecular weight is 605 g/mol. The van der Waals surface area contributed by atoms with Crippen molar-refractivity contribution < 1.29 is 23.9 Å². The first-order chi connectivity index (χ1) is 20.4. The molecule has 0 radical (unpaired) electrons. The molecule has 0 fully saturated rings. The molecule has 222 valence electrons. The Kier molecular flexibility index (Phi) is 9.36. The van der Waals surface area contributed by atoms with Gasteiger partial charge in [-0.15, -0.1) is 5.10 Å². The summed E-state index contributed by atoms with van der Waals surface area (Å²) in [5.74, 6) is -3.22. The van der Waals surface area contributed by atoms with Crippen LogP contribution in [0, 0.1) is 0 Å². The van der Waals surface area contributed by atoms with Crippen LogP contribution in [0.25, 0.3) is 5.69 Å². The summed E-state index contributed by atoms with van der Waals surface area (Å²) in [5, 5.41) is 18.9. The quantitative estimate of drug-likeness (QED) is 0.133. The van der Waals surface area contributed by atoms with Crippen LogP contribution in [0.3, 0.4) is 0 Å². The Morgan fingerprint density at radius 1 is 0.953 bits per heavy atom. The van der Waals surface area contributed by atoms with Crippen molar-refractivity contribution in [2.45, 2.75) is 38.8 Å². The predicted octanol–water partition coefficient (Wildman–Crippen LogP) is 3.16. The van der Waals surface area contributed by atoms with E-state index in [1.807, 2.05) is 0 Å². The van der Waals surface area contributed by atoms with Crippen LogP contribution in [0.15, 0.2) is 73.1 Å². The van der Waals surface area contributed by atoms with Gasteiger partial charge in [-0.3, -0.25) is 14.4 Å². The molecule has 0 saturated heterocycles. The number of nitrogens with two attached hydrogens (primary N) is 1. The number of carbonyl (C=O) groups is 4. The van der Waals surface area contributed by atoms with Crippen LogP contribution in [0.4, 0.5) is 17.1 Å². The van der Waals surface area contributed by atoms with E-state index >= 15 is 0 Å². The highest BCUT2D eigenvalue weighted by Gasteiger charge is 2.26. The topological polar surface area (TPSA) is 183 Å². The highest BCUT2D eigenvalue weighted by molar-refractivity contribution is 6.40. The van der Waals surface area contributed by atoms with Crippen molar-refractivity contribution in [2.24, 2.45) is 0 Å². The lowest BCUT2D eigenvalue weighted by molar-refractivity contribution is -0.137. The second-order valence-electron chi connectivity index (χ2n) is 10.4. The first-order valence-corrected chi connectivity index (χ1v) is 13.4. The Hall–Kier alpha value is -5.30. The Morgan fingerprint density at radius 2 is 1.65 bits per heavy atom. The van der Waals surface area contributed by atoms with Gasteiger partial charge in [0.25, 0.3) is 0 Å². The molecule has 3 amide bonds. The van der Waals surface area contributed by atoms with Gasteiger partial charge < -0.3 is 26.4 Å². The van der Waals surface area contributed by atoms with E-state index in [0.717, 1.165) is 0 Å². The first-order valence-electron chi connectivity index (χ1n) is 13.0. The summed E-state index contributed by atoms with van der Waals surface area (Å²) < 4.78 is 6.65. The van der Waals surface area contributed by atoms with E-state index < -0.39 is 35.3 Å². The van der Waals surface area contributed by atoms with Crippen molar-refractivity contribution in [3.63, 3.8) is 0 Å². The standard InChI is InChI=1S/C29H29ClN8O5/c1-29(2,3)43-28(42)18-6-11-21(12-7-18)33-25(39)23(14-17-4-9-20(31)10-5-17)35-27(41)26(40)34-22-15-19(30)8-13-24(22)38-16-32-36-37-38/h4-13,15-16,23H,14,31H2,1-3H3,(H,33,39)(H,34,40)(H,35,41)/t23-/m0/s1. The summed E-state index contributed by atoms with van der Waals surface area (Å²) in [6.45, 7) is 5.28. The molecule has 0 unspecified atom stereocenters. The number of esters is 1. The number of nitrogen functional groups attached to an aromatic ring is 1. The second kappa shape index (κ2) is 13.1. The molecular formula is C29H29ClN8O5. The number of nitrogens with one attached hydrogen (secondary N) is 3. The van der Waals surface area contributed by atoms with Gasteiger partial charge >= 0.3 is 17.8 Å². The van der Waals surface area contributed by atoms with Crippen LogP contribution < -0.4 is 21.7 Å². The number of anilines is 3. The molecule has 0 bridgehead atoms. The van der Waals surface area contributed by atoms with Gasteiger partial charge in [-0.2, -0.15) is 4.68 Å². The largest absolute Gasteiger partial charge is 0.456 e. The normalized spacial score (nSPS) is 11.7. The first kappa shape index (κ1) is 30.7. The number of rotatable bonds is 8. The Bertz CT molecular complexity index is 1620. The van der Waals surface area contributed by atoms with Gasteiger partial charge in [-0.1, -0.05) is 23.7 Å². The van der Waals surface area contributed by atoms with Crippen LogP contribution in [0.1, 0.15) is 36.7 Å². The second-order valence-corrected chi connectivity index (χ2v) is 10.8. The van der Waals surface area contributed by atoms with E-state index in [4.69, 9.17) is 22.1 Å². The van der Waals surface area contributed by atoms with Crippen molar-refractivity contribution in [1.82, 2.24) is 25.5 Å². The molecule has 3 aromatic carbocycles. The predicted molar refractivity (Wildman–Crippen MR) is 160 cm³/mol. The lowest BCUT2D eigenvalue weighted by atomic mass is 10.0. The molecule has 1 aromatic heterocycles. The van der Waals surface area contributed by atoms with E-state index in [1.54, 1.807) is 57.2 Å². The molecule has 0 spiro atoms. The van der Waals surface area contributed by atoms with Gasteiger partial charge in [-0.05, 0) is 91.4 Å². The SMILES string of the molecule is CC(C)(C)OC(=O)c1ccc(NC(=O)[C@H](Cc2ccc(N)cc2)NC(=O)C(=O)Nc2cc(Cl)ccc2-n2cnnn2)cc1. The van der Waals surface area contributed by atoms with E-state index in [0.29, 0.717) is 33.2 Å². The zero-order valence-corrected chi connectivity index (χ0v) is 24.3. The van der Waals surface area contributed by atoms with Crippen LogP contribution in [0.2, 0.25) is 5.02 Å². The fourth-order valence-corrected chi connectivity index (χ4v) is 4.01. The van der Waals surface area contributed by atoms with Crippen molar-refractivity contribution in [3.8, 4) is 5.69 Å². The van der Waals surface area contributed by atoms with Crippen molar-refractivity contribution >= 4 is 52.4 Å². The molecule has 1 atom stereocenters. The molecule has 13 nitrogen and oxygen atoms in total. The Balaban J connectivity index is 1.50. The highest BCUT2D eigenvalue weighted by atomic mass is 35.5. The van der Waals surface area contributed by atoms with Crippen molar-refractivity contribution in [2.75, 3.05) is 16.4 Å². The number of tetrazole rings is 1. The molecule has 5 N–H and O–H groups in total. The summed E-state index contributed by atoms with van der Waals surface area (Å²) in [6.07, 6.45) is 1.36. The molecule has 43 heavy (non-hydrogen) atoms. The molecule has 1 heterocycles. The molecule has 0 saturated carbocycles. The van der Waals surface area contributed by atoms with Crippen molar-refractivity contribution in [1.29, 1.82) is 0 Å². The van der Waals surface area contributed by atoms with Crippen LogP contribution in [-0.2, 0) is 25.5 Å². The van der Waals surface area contributed by atoms with Gasteiger partial charge in [0.1, 0.15) is 18.0 Å². The van der Waals surface area contributed by atoms with Crippen LogP contribution in [-0.4, -0.2) is 55.5 Å². The molecule has 0 aliphatic rings. The summed E-state index contributed by atoms with van der Waals surface area (Å²) in [5.41, 5.74) is 7.53. The molecular weight excluding hydrogens is 576 g/mol. The number of aromatic nitrogens is 4. The molecule has 14 heteroatoms. The minimum Gasteiger partial charge on any atom is -0.456 e. The number of amides is 3. The van der Waals surface area contributed by atoms with E-state index in [1.165, 1.54) is 41.3 Å². The maximum absolute atomic E-state index is 13.3. The van der Waals surface area contributed by atoms with E-state index in [2.05, 4.69) is 31.5 Å². The number of hydrogen-bond donors (Lipinski definition) is 4. The summed E-state index contributed by atoms with van der Waals surface area (Å²) in [6, 6.07) is 16.2. The lowest BCUT2D eigenvalue weighted by Crippen LogP contribution is -2.49. The van der Waals surface area contributed by atoms with Gasteiger partial charge in [0.05, 0.1) is 16.9 Å². The number of hydrogen-bond acceptors (Lipinski definition) is 9. The Labute approximate surface area is 251 Å². The third kappa shape index (κ3) is 8.60. The van der Waals surface area contributed by atoms with Gasteiger partial charge in [-0.25, -0.2) is 4.79 Å². The summed E-state index contributed by atoms with van der Waals surface area (Å²) >= 11 is 6.10. The molecule has 4 rings (SSSR count). The van der Waals surface area contributed by atoms with Gasteiger partial charge in [0.15, 0.2) is 0 Å². The lowest BCUT2D eigenvalue weighted by Gasteiger charge is -2.20. The monoisotopic (exact) mass is 604 g/mol. The maximum Gasteiger partial charge on any atom is 0.338 e. The number of nitrogens with zero attached hydrogens (tertiary/aromatic N) is 4. The molecule has 4 aromatic rings. The fraction of sp³-hybridized carbons (Fsp3) is 0.207. The highest BCUT2D eigenvalue weighted by Crippen LogP contribution is 2.24. The summed E-state index contributed by atoms with van der Waals surface area (Å²) in [4.78, 5) is 51.6. The number of ether oxygens (including phenoxy) is 1. The van der Waals surface area contributed by atoms with Gasteiger partial charge in [0.2, 0.25) is 5.91 Å². The molecule has 0 aliphatic heterocycles. The third-order valence-corrected chi connectivity index (χ3v) is 6.07. The zero-order chi connectivity index (χ0) is 31.1. The smallest absolute Gasteiger partial charge is 0.338 e. The van der Waals surface area contributed by atoms with E-state index in [9.17, 15) is 19.2 Å². The minimum absolute atomic E-state index is 0.0498. The Morgan fingerprint density at radius 3 is 2.28 bits per heavy atom. The number of halogens is 1. The zero-order valence-electron chi connectivity index (χ0n) is 23.5. The number of carbonyl (C=O) groups excluding carboxylic acids is 4. The third-order valence-electron chi connectivity index (χ3n) is 5.84. The fourth-order valence-electron chi connectivity index (χ4n) is 3.84. The maximum atomic E-state index is 13.3. The van der Waals surface area contributed by atoms with Gasteiger partial charge in [0, 0.05) is 22.8 Å². The average Bonchev–Trinajstić information content (AvgIpc) is 3.48. The van der Waals surface area contributed by atoms with Crippen molar-refractivity contribution in [3.05, 3.63) is 89.2 Å².